The van der Waals surface area contributed by atoms with Gasteiger partial charge in [0.25, 0.3) is 0 Å². The third kappa shape index (κ3) is 3.27. The second-order valence-electron chi connectivity index (χ2n) is 6.45. The van der Waals surface area contributed by atoms with Gasteiger partial charge in [-0.2, -0.15) is 0 Å². The van der Waals surface area contributed by atoms with Crippen LogP contribution in [0.15, 0.2) is 51.9 Å². The van der Waals surface area contributed by atoms with Gasteiger partial charge in [0.15, 0.2) is 11.6 Å². The minimum Gasteiger partial charge on any atom is -0.451 e. The maximum Gasteiger partial charge on any atom is 0.211 e. The summed E-state index contributed by atoms with van der Waals surface area (Å²) in [4.78, 5) is 6.23. The highest BCUT2D eigenvalue weighted by Gasteiger charge is 2.34. The number of aliphatic imine (C=N–C) groups is 1. The SMILES string of the molecule is Cc1cccc(N2c3c(oc4ccc(Cl)cc34)C(=NCCCO)NC2O)c1. The van der Waals surface area contributed by atoms with E-state index in [1.807, 2.05) is 43.3 Å². The van der Waals surface area contributed by atoms with E-state index in [1.54, 1.807) is 11.0 Å². The Balaban J connectivity index is 1.93. The van der Waals surface area contributed by atoms with Crippen molar-refractivity contribution in [1.82, 2.24) is 5.32 Å². The molecule has 2 aromatic carbocycles. The van der Waals surface area contributed by atoms with Gasteiger partial charge in [-0.15, -0.1) is 0 Å². The largest absolute Gasteiger partial charge is 0.451 e. The van der Waals surface area contributed by atoms with Crippen molar-refractivity contribution < 1.29 is 14.6 Å². The van der Waals surface area contributed by atoms with Crippen LogP contribution in [0.4, 0.5) is 11.4 Å². The molecule has 1 aromatic heterocycles. The van der Waals surface area contributed by atoms with E-state index in [-0.39, 0.29) is 6.61 Å². The average molecular weight is 386 g/mol. The molecule has 6 nitrogen and oxygen atoms in total. The Morgan fingerprint density at radius 3 is 2.89 bits per heavy atom. The number of halogens is 1. The molecular weight excluding hydrogens is 366 g/mol. The highest BCUT2D eigenvalue weighted by Crippen LogP contribution is 2.42. The Kier molecular flexibility index (Phi) is 4.78. The van der Waals surface area contributed by atoms with E-state index in [9.17, 15) is 5.11 Å². The van der Waals surface area contributed by atoms with Gasteiger partial charge in [0, 0.05) is 29.2 Å². The monoisotopic (exact) mass is 385 g/mol. The van der Waals surface area contributed by atoms with Gasteiger partial charge in [-0.05, 0) is 49.2 Å². The molecule has 0 aliphatic carbocycles. The number of rotatable bonds is 4. The zero-order chi connectivity index (χ0) is 19.0. The second-order valence-corrected chi connectivity index (χ2v) is 6.89. The third-order valence-corrected chi connectivity index (χ3v) is 4.69. The summed E-state index contributed by atoms with van der Waals surface area (Å²) in [7, 11) is 0. The minimum atomic E-state index is -1.02. The predicted molar refractivity (Wildman–Crippen MR) is 107 cm³/mol. The predicted octanol–water partition coefficient (Wildman–Crippen LogP) is 3.54. The zero-order valence-corrected chi connectivity index (χ0v) is 15.6. The van der Waals surface area contributed by atoms with Gasteiger partial charge in [-0.1, -0.05) is 23.7 Å². The van der Waals surface area contributed by atoms with E-state index >= 15 is 0 Å². The van der Waals surface area contributed by atoms with Gasteiger partial charge in [-0.3, -0.25) is 9.89 Å². The van der Waals surface area contributed by atoms with E-state index in [4.69, 9.17) is 21.1 Å². The number of anilines is 2. The van der Waals surface area contributed by atoms with Gasteiger partial charge in [-0.25, -0.2) is 0 Å². The maximum absolute atomic E-state index is 10.8. The first-order chi connectivity index (χ1) is 13.1. The number of aliphatic hydroxyl groups is 2. The fourth-order valence-corrected chi connectivity index (χ4v) is 3.43. The van der Waals surface area contributed by atoms with Crippen LogP contribution in [0.2, 0.25) is 5.02 Å². The molecule has 0 spiro atoms. The molecule has 0 saturated carbocycles. The van der Waals surface area contributed by atoms with Crippen LogP contribution in [0.25, 0.3) is 11.0 Å². The molecule has 2 heterocycles. The Morgan fingerprint density at radius 1 is 1.26 bits per heavy atom. The van der Waals surface area contributed by atoms with Crippen molar-refractivity contribution in [2.24, 2.45) is 4.99 Å². The summed E-state index contributed by atoms with van der Waals surface area (Å²) in [5.41, 5.74) is 3.28. The summed E-state index contributed by atoms with van der Waals surface area (Å²) in [5.74, 6) is 0.999. The summed E-state index contributed by atoms with van der Waals surface area (Å²) in [5, 5.41) is 24.2. The number of nitrogens with zero attached hydrogens (tertiary/aromatic N) is 2. The molecule has 0 amide bonds. The Hall–Kier alpha value is -2.54. The fraction of sp³-hybridized carbons (Fsp3) is 0.250. The molecule has 1 aliphatic heterocycles. The van der Waals surface area contributed by atoms with Crippen LogP contribution < -0.4 is 10.2 Å². The molecule has 0 radical (unpaired) electrons. The van der Waals surface area contributed by atoms with E-state index in [0.29, 0.717) is 40.9 Å². The van der Waals surface area contributed by atoms with Crippen LogP contribution in [0.1, 0.15) is 17.7 Å². The third-order valence-electron chi connectivity index (χ3n) is 4.46. The van der Waals surface area contributed by atoms with Crippen molar-refractivity contribution in [3.63, 3.8) is 0 Å². The number of aliphatic hydroxyl groups excluding tert-OH is 2. The number of furan rings is 1. The molecule has 3 aromatic rings. The lowest BCUT2D eigenvalue weighted by molar-refractivity contribution is 0.163. The summed E-state index contributed by atoms with van der Waals surface area (Å²) in [6.07, 6.45) is -0.489. The van der Waals surface area contributed by atoms with Crippen LogP contribution in [-0.4, -0.2) is 35.6 Å². The molecule has 140 valence electrons. The molecule has 1 unspecified atom stereocenters. The standard InChI is InChI=1S/C20H20ClN3O3/c1-12-4-2-5-14(10-12)24-17-15-11-13(21)6-7-16(15)27-18(17)19(23-20(24)26)22-8-3-9-25/h2,4-7,10-11,20,25-26H,3,8-9H2,1H3,(H,22,23). The number of aryl methyl sites for hydroxylation is 1. The van der Waals surface area contributed by atoms with Gasteiger partial charge in [0.1, 0.15) is 11.3 Å². The van der Waals surface area contributed by atoms with Crippen LogP contribution in [0.3, 0.4) is 0 Å². The topological polar surface area (TPSA) is 81.2 Å². The molecule has 27 heavy (non-hydrogen) atoms. The summed E-state index contributed by atoms with van der Waals surface area (Å²) in [6.45, 7) is 2.48. The molecule has 3 N–H and O–H groups in total. The molecule has 1 atom stereocenters. The maximum atomic E-state index is 10.8. The normalized spacial score (nSPS) is 18.0. The van der Waals surface area contributed by atoms with Crippen LogP contribution >= 0.6 is 11.6 Å². The molecule has 0 saturated heterocycles. The van der Waals surface area contributed by atoms with Crippen molar-refractivity contribution in [2.45, 2.75) is 19.7 Å². The zero-order valence-electron chi connectivity index (χ0n) is 14.8. The number of hydrogen-bond donors (Lipinski definition) is 3. The van der Waals surface area contributed by atoms with E-state index < -0.39 is 6.35 Å². The minimum absolute atomic E-state index is 0.0529. The molecule has 0 bridgehead atoms. The fourth-order valence-electron chi connectivity index (χ4n) is 3.26. The van der Waals surface area contributed by atoms with Crippen molar-refractivity contribution >= 4 is 39.8 Å². The van der Waals surface area contributed by atoms with E-state index in [1.165, 1.54) is 0 Å². The molecular formula is C20H20ClN3O3. The molecule has 0 fully saturated rings. The molecule has 4 rings (SSSR count). The van der Waals surface area contributed by atoms with Crippen molar-refractivity contribution in [2.75, 3.05) is 18.1 Å². The number of amidine groups is 1. The Morgan fingerprint density at radius 2 is 2.11 bits per heavy atom. The van der Waals surface area contributed by atoms with Gasteiger partial charge in [0.2, 0.25) is 6.35 Å². The number of hydrogen-bond acceptors (Lipinski definition) is 5. The summed E-state index contributed by atoms with van der Waals surface area (Å²) >= 11 is 6.22. The van der Waals surface area contributed by atoms with Gasteiger partial charge < -0.3 is 19.9 Å². The van der Waals surface area contributed by atoms with E-state index in [2.05, 4.69) is 10.3 Å². The Bertz CT molecular complexity index is 1010. The van der Waals surface area contributed by atoms with E-state index in [0.717, 1.165) is 16.6 Å². The lowest BCUT2D eigenvalue weighted by Crippen LogP contribution is -2.50. The van der Waals surface area contributed by atoms with Crippen molar-refractivity contribution in [3.8, 4) is 0 Å². The van der Waals surface area contributed by atoms with Crippen LogP contribution in [0, 0.1) is 6.92 Å². The highest BCUT2D eigenvalue weighted by atomic mass is 35.5. The number of nitrogens with one attached hydrogen (secondary N) is 1. The smallest absolute Gasteiger partial charge is 0.211 e. The Labute approximate surface area is 161 Å². The molecule has 1 aliphatic rings. The lowest BCUT2D eigenvalue weighted by atomic mass is 10.1. The van der Waals surface area contributed by atoms with Gasteiger partial charge >= 0.3 is 0 Å². The van der Waals surface area contributed by atoms with Crippen molar-refractivity contribution in [3.05, 3.63) is 58.8 Å². The van der Waals surface area contributed by atoms with Crippen LogP contribution in [-0.2, 0) is 0 Å². The first kappa shape index (κ1) is 17.9. The van der Waals surface area contributed by atoms with Crippen molar-refractivity contribution in [1.29, 1.82) is 0 Å². The first-order valence-corrected chi connectivity index (χ1v) is 9.14. The quantitative estimate of drug-likeness (QED) is 0.598. The van der Waals surface area contributed by atoms with Crippen LogP contribution in [0.5, 0.6) is 0 Å². The average Bonchev–Trinajstić information content (AvgIpc) is 3.01. The first-order valence-electron chi connectivity index (χ1n) is 8.76. The van der Waals surface area contributed by atoms with Gasteiger partial charge in [0.05, 0.1) is 0 Å². The number of benzene rings is 2. The highest BCUT2D eigenvalue weighted by molar-refractivity contribution is 6.31. The lowest BCUT2D eigenvalue weighted by Gasteiger charge is -2.35. The summed E-state index contributed by atoms with van der Waals surface area (Å²) < 4.78 is 6.05. The number of fused-ring (bicyclic) bond motifs is 3. The summed E-state index contributed by atoms with van der Waals surface area (Å²) in [6, 6.07) is 13.3. The molecule has 7 heteroatoms. The second kappa shape index (κ2) is 7.23.